The predicted octanol–water partition coefficient (Wildman–Crippen LogP) is 4.52. The molecule has 2 aromatic rings. The monoisotopic (exact) mass is 415 g/mol. The third-order valence-electron chi connectivity index (χ3n) is 3.16. The van der Waals surface area contributed by atoms with Gasteiger partial charge < -0.3 is 14.8 Å². The molecule has 0 atom stereocenters. The topological polar surface area (TPSA) is 64.6 Å². The Balaban J connectivity index is 1.74. The van der Waals surface area contributed by atoms with Crippen LogP contribution in [0.25, 0.3) is 0 Å². The van der Waals surface area contributed by atoms with E-state index in [9.17, 15) is 18.4 Å². The largest absolute Gasteiger partial charge is 0.480 e. The van der Waals surface area contributed by atoms with Crippen molar-refractivity contribution >= 4 is 40.9 Å². The smallest absolute Gasteiger partial charge is 0.344 e. The summed E-state index contributed by atoms with van der Waals surface area (Å²) >= 11 is 6.36. The number of carbonyl (C=O) groups is 2. The number of benzene rings is 2. The molecule has 0 unspecified atom stereocenters. The number of rotatable bonds is 8. The zero-order valence-electron chi connectivity index (χ0n) is 14.2. The number of amides is 1. The highest BCUT2D eigenvalue weighted by Crippen LogP contribution is 2.26. The molecule has 2 aromatic carbocycles. The molecule has 144 valence electrons. The van der Waals surface area contributed by atoms with Gasteiger partial charge in [0, 0.05) is 10.6 Å². The van der Waals surface area contributed by atoms with E-state index in [1.807, 2.05) is 6.92 Å². The maximum absolute atomic E-state index is 12.2. The van der Waals surface area contributed by atoms with Crippen LogP contribution in [0.5, 0.6) is 5.75 Å². The number of thioether (sulfide) groups is 1. The van der Waals surface area contributed by atoms with Crippen LogP contribution in [0.1, 0.15) is 5.56 Å². The molecule has 27 heavy (non-hydrogen) atoms. The summed E-state index contributed by atoms with van der Waals surface area (Å²) in [5, 5.41) is 2.85. The molecular formula is C18H16ClF2NO4S. The van der Waals surface area contributed by atoms with E-state index >= 15 is 0 Å². The molecule has 0 aliphatic carbocycles. The van der Waals surface area contributed by atoms with Gasteiger partial charge in [-0.25, -0.2) is 4.79 Å². The number of hydrogen-bond acceptors (Lipinski definition) is 5. The number of alkyl halides is 2. The van der Waals surface area contributed by atoms with E-state index in [0.717, 1.165) is 5.56 Å². The van der Waals surface area contributed by atoms with Gasteiger partial charge in [-0.05, 0) is 48.9 Å². The van der Waals surface area contributed by atoms with Crippen molar-refractivity contribution in [3.05, 3.63) is 53.1 Å². The SMILES string of the molecule is Cc1ccc(Cl)c(OCC(=O)OCC(=O)Nc2ccc(SC(F)F)cc2)c1. The molecule has 5 nitrogen and oxygen atoms in total. The standard InChI is InChI=1S/C18H16ClF2NO4S/c1-11-2-7-14(19)15(8-11)25-10-17(24)26-9-16(23)22-12-3-5-13(6-4-12)27-18(20)21/h2-8,18H,9-10H2,1H3,(H,22,23). The van der Waals surface area contributed by atoms with E-state index in [1.165, 1.54) is 24.3 Å². The second-order valence-corrected chi connectivity index (χ2v) is 6.80. The number of ether oxygens (including phenoxy) is 2. The summed E-state index contributed by atoms with van der Waals surface area (Å²) in [6.07, 6.45) is 0. The van der Waals surface area contributed by atoms with Crippen molar-refractivity contribution in [2.75, 3.05) is 18.5 Å². The minimum absolute atomic E-state index is 0.347. The summed E-state index contributed by atoms with van der Waals surface area (Å²) in [4.78, 5) is 23.8. The van der Waals surface area contributed by atoms with Gasteiger partial charge in [-0.15, -0.1) is 0 Å². The molecule has 0 fully saturated rings. The molecule has 1 N–H and O–H groups in total. The highest BCUT2D eigenvalue weighted by molar-refractivity contribution is 7.99. The molecule has 0 heterocycles. The molecule has 0 radical (unpaired) electrons. The predicted molar refractivity (Wildman–Crippen MR) is 99.6 cm³/mol. The van der Waals surface area contributed by atoms with Crippen LogP contribution in [0.3, 0.4) is 0 Å². The van der Waals surface area contributed by atoms with Crippen LogP contribution in [0.2, 0.25) is 5.02 Å². The van der Waals surface area contributed by atoms with E-state index in [4.69, 9.17) is 21.1 Å². The maximum Gasteiger partial charge on any atom is 0.344 e. The van der Waals surface area contributed by atoms with Gasteiger partial charge in [0.15, 0.2) is 13.2 Å². The molecule has 0 spiro atoms. The van der Waals surface area contributed by atoms with Gasteiger partial charge in [0.25, 0.3) is 11.7 Å². The highest BCUT2D eigenvalue weighted by atomic mass is 35.5. The van der Waals surface area contributed by atoms with Gasteiger partial charge in [-0.1, -0.05) is 29.4 Å². The normalized spacial score (nSPS) is 10.6. The maximum atomic E-state index is 12.2. The van der Waals surface area contributed by atoms with E-state index in [1.54, 1.807) is 18.2 Å². The summed E-state index contributed by atoms with van der Waals surface area (Å²) < 4.78 is 34.6. The average Bonchev–Trinajstić information content (AvgIpc) is 2.62. The van der Waals surface area contributed by atoms with Crippen molar-refractivity contribution in [1.29, 1.82) is 0 Å². The Kier molecular flexibility index (Phi) is 7.87. The minimum Gasteiger partial charge on any atom is -0.480 e. The Hall–Kier alpha value is -2.32. The third kappa shape index (κ3) is 7.44. The van der Waals surface area contributed by atoms with Crippen LogP contribution in [0.15, 0.2) is 47.4 Å². The lowest BCUT2D eigenvalue weighted by molar-refractivity contribution is -0.149. The van der Waals surface area contributed by atoms with E-state index in [0.29, 0.717) is 33.1 Å². The quantitative estimate of drug-likeness (QED) is 0.507. The Labute approximate surface area is 164 Å². The van der Waals surface area contributed by atoms with Crippen LogP contribution in [0, 0.1) is 6.92 Å². The molecule has 9 heteroatoms. The number of nitrogens with one attached hydrogen (secondary N) is 1. The Bertz CT molecular complexity index is 802. The number of hydrogen-bond donors (Lipinski definition) is 1. The van der Waals surface area contributed by atoms with Crippen molar-refractivity contribution in [2.24, 2.45) is 0 Å². The molecule has 2 rings (SSSR count). The number of esters is 1. The van der Waals surface area contributed by atoms with Crippen LogP contribution < -0.4 is 10.1 Å². The van der Waals surface area contributed by atoms with E-state index < -0.39 is 30.8 Å². The molecule has 0 aliphatic heterocycles. The number of carbonyl (C=O) groups excluding carboxylic acids is 2. The van der Waals surface area contributed by atoms with Gasteiger partial charge in [-0.2, -0.15) is 8.78 Å². The minimum atomic E-state index is -2.51. The summed E-state index contributed by atoms with van der Waals surface area (Å²) in [7, 11) is 0. The number of anilines is 1. The molecule has 0 aliphatic rings. The summed E-state index contributed by atoms with van der Waals surface area (Å²) in [6, 6.07) is 11.0. The van der Waals surface area contributed by atoms with Gasteiger partial charge in [-0.3, -0.25) is 4.79 Å². The zero-order valence-corrected chi connectivity index (χ0v) is 15.8. The van der Waals surface area contributed by atoms with Crippen molar-refractivity contribution in [1.82, 2.24) is 0 Å². The summed E-state index contributed by atoms with van der Waals surface area (Å²) in [5.74, 6) is -3.46. The first-order valence-electron chi connectivity index (χ1n) is 7.73. The van der Waals surface area contributed by atoms with Gasteiger partial charge in [0.05, 0.1) is 5.02 Å². The fourth-order valence-corrected chi connectivity index (χ4v) is 2.63. The number of halogens is 3. The van der Waals surface area contributed by atoms with Crippen LogP contribution in [-0.4, -0.2) is 30.8 Å². The molecule has 0 saturated heterocycles. The Morgan fingerprint density at radius 3 is 2.52 bits per heavy atom. The van der Waals surface area contributed by atoms with Crippen molar-refractivity contribution in [3.8, 4) is 5.75 Å². The van der Waals surface area contributed by atoms with Gasteiger partial charge in [0.1, 0.15) is 5.75 Å². The third-order valence-corrected chi connectivity index (χ3v) is 4.19. The molecule has 0 aromatic heterocycles. The fraction of sp³-hybridized carbons (Fsp3) is 0.222. The lowest BCUT2D eigenvalue weighted by atomic mass is 10.2. The Morgan fingerprint density at radius 1 is 1.15 bits per heavy atom. The van der Waals surface area contributed by atoms with Crippen molar-refractivity contribution < 1.29 is 27.8 Å². The van der Waals surface area contributed by atoms with Gasteiger partial charge in [0.2, 0.25) is 0 Å². The van der Waals surface area contributed by atoms with Crippen LogP contribution >= 0.6 is 23.4 Å². The van der Waals surface area contributed by atoms with Crippen molar-refractivity contribution in [2.45, 2.75) is 17.6 Å². The molecule has 1 amide bonds. The lowest BCUT2D eigenvalue weighted by Crippen LogP contribution is -2.23. The molecular weight excluding hydrogens is 400 g/mol. The Morgan fingerprint density at radius 2 is 1.85 bits per heavy atom. The van der Waals surface area contributed by atoms with Gasteiger partial charge >= 0.3 is 5.97 Å². The molecule has 0 saturated carbocycles. The lowest BCUT2D eigenvalue weighted by Gasteiger charge is -2.09. The van der Waals surface area contributed by atoms with Crippen molar-refractivity contribution in [3.63, 3.8) is 0 Å². The first-order chi connectivity index (χ1) is 12.8. The molecule has 0 bridgehead atoms. The van der Waals surface area contributed by atoms with Crippen LogP contribution in [-0.2, 0) is 14.3 Å². The second-order valence-electron chi connectivity index (χ2n) is 5.33. The summed E-state index contributed by atoms with van der Waals surface area (Å²) in [5.41, 5.74) is 1.32. The van der Waals surface area contributed by atoms with E-state index in [-0.39, 0.29) is 0 Å². The average molecular weight is 416 g/mol. The van der Waals surface area contributed by atoms with Crippen LogP contribution in [0.4, 0.5) is 14.5 Å². The first-order valence-corrected chi connectivity index (χ1v) is 8.98. The highest BCUT2D eigenvalue weighted by Gasteiger charge is 2.11. The second kappa shape index (κ2) is 10.1. The first kappa shape index (κ1) is 21.0. The summed E-state index contributed by atoms with van der Waals surface area (Å²) in [6.45, 7) is 0.956. The van der Waals surface area contributed by atoms with E-state index in [2.05, 4.69) is 5.32 Å². The fourth-order valence-electron chi connectivity index (χ4n) is 1.96. The number of aryl methyl sites for hydroxylation is 1. The zero-order chi connectivity index (χ0) is 19.8.